The average molecular weight is 291 g/mol. The Hall–Kier alpha value is -1.47. The highest BCUT2D eigenvalue weighted by Crippen LogP contribution is 2.33. The van der Waals surface area contributed by atoms with Crippen LogP contribution in [0.3, 0.4) is 0 Å². The maximum atomic E-state index is 12.4. The summed E-state index contributed by atoms with van der Waals surface area (Å²) in [5.74, 6) is 0. The quantitative estimate of drug-likeness (QED) is 0.597. The first-order valence-electron chi connectivity index (χ1n) is 4.60. The third kappa shape index (κ3) is 2.68. The molecular formula is C10H4ClF3N3S-. The first-order valence-corrected chi connectivity index (χ1v) is 5.39. The molecule has 0 fully saturated rings. The molecule has 3 nitrogen and oxygen atoms in total. The number of rotatable bonds is 1. The molecule has 18 heavy (non-hydrogen) atoms. The molecule has 0 bridgehead atoms. The SMILES string of the molecule is FC(F)(F)c1cnc(-c2cnc([S-])nc2)c(Cl)c1. The van der Waals surface area contributed by atoms with Crippen molar-refractivity contribution in [2.24, 2.45) is 0 Å². The summed E-state index contributed by atoms with van der Waals surface area (Å²) >= 11 is 10.5. The molecule has 2 aromatic rings. The molecule has 0 saturated carbocycles. The standard InChI is InChI=1S/C10H5ClF3N3S/c11-7-1-6(10(12,13)14)4-15-8(7)5-2-16-9(18)17-3-5/h1-4H,(H,16,17,18)/p-1. The normalized spacial score (nSPS) is 11.6. The van der Waals surface area contributed by atoms with Crippen molar-refractivity contribution in [1.29, 1.82) is 0 Å². The highest BCUT2D eigenvalue weighted by atomic mass is 35.5. The van der Waals surface area contributed by atoms with Gasteiger partial charge in [0.25, 0.3) is 0 Å². The van der Waals surface area contributed by atoms with E-state index in [2.05, 4.69) is 15.0 Å². The Bertz CT molecular complexity index is 572. The number of hydrogen-bond acceptors (Lipinski definition) is 4. The van der Waals surface area contributed by atoms with E-state index in [-0.39, 0.29) is 15.9 Å². The van der Waals surface area contributed by atoms with E-state index in [1.165, 1.54) is 12.4 Å². The van der Waals surface area contributed by atoms with Crippen molar-refractivity contribution in [3.05, 3.63) is 35.2 Å². The molecule has 0 N–H and O–H groups in total. The van der Waals surface area contributed by atoms with E-state index in [9.17, 15) is 13.2 Å². The lowest BCUT2D eigenvalue weighted by Crippen LogP contribution is -2.05. The van der Waals surface area contributed by atoms with Crippen molar-refractivity contribution < 1.29 is 13.2 Å². The lowest BCUT2D eigenvalue weighted by atomic mass is 10.2. The van der Waals surface area contributed by atoms with Gasteiger partial charge in [0, 0.05) is 29.3 Å². The summed E-state index contributed by atoms with van der Waals surface area (Å²) in [7, 11) is 0. The Kier molecular flexibility index (Phi) is 3.36. The van der Waals surface area contributed by atoms with Crippen LogP contribution < -0.4 is 0 Å². The van der Waals surface area contributed by atoms with Crippen LogP contribution in [-0.2, 0) is 18.8 Å². The van der Waals surface area contributed by atoms with Gasteiger partial charge in [-0.1, -0.05) is 11.6 Å². The lowest BCUT2D eigenvalue weighted by Gasteiger charge is -2.09. The smallest absolute Gasteiger partial charge is 0.417 e. The largest absolute Gasteiger partial charge is 0.740 e. The predicted octanol–water partition coefficient (Wildman–Crippen LogP) is 3.12. The molecule has 0 unspecified atom stereocenters. The maximum absolute atomic E-state index is 12.4. The molecule has 0 aliphatic carbocycles. The molecule has 0 saturated heterocycles. The van der Waals surface area contributed by atoms with Crippen LogP contribution in [0.4, 0.5) is 13.2 Å². The van der Waals surface area contributed by atoms with Gasteiger partial charge >= 0.3 is 6.18 Å². The lowest BCUT2D eigenvalue weighted by molar-refractivity contribution is -0.137. The van der Waals surface area contributed by atoms with Crippen molar-refractivity contribution in [3.8, 4) is 11.3 Å². The van der Waals surface area contributed by atoms with E-state index in [1.807, 2.05) is 0 Å². The van der Waals surface area contributed by atoms with Gasteiger partial charge in [0.2, 0.25) is 0 Å². The van der Waals surface area contributed by atoms with Crippen molar-refractivity contribution >= 4 is 24.2 Å². The van der Waals surface area contributed by atoms with Crippen LogP contribution in [0.15, 0.2) is 29.8 Å². The number of hydrogen-bond donors (Lipinski definition) is 0. The Morgan fingerprint density at radius 3 is 2.17 bits per heavy atom. The zero-order valence-corrected chi connectivity index (χ0v) is 10.1. The predicted molar refractivity (Wildman–Crippen MR) is 60.9 cm³/mol. The van der Waals surface area contributed by atoms with Crippen LogP contribution in [0.1, 0.15) is 5.56 Å². The number of pyridine rings is 1. The van der Waals surface area contributed by atoms with Gasteiger partial charge in [-0.25, -0.2) is 0 Å². The van der Waals surface area contributed by atoms with E-state index in [0.717, 1.165) is 6.07 Å². The summed E-state index contributed by atoms with van der Waals surface area (Å²) in [6.07, 6.45) is -1.05. The fourth-order valence-corrected chi connectivity index (χ4v) is 1.62. The van der Waals surface area contributed by atoms with Gasteiger partial charge in [-0.05, 0) is 6.07 Å². The molecule has 0 spiro atoms. The molecule has 0 atom stereocenters. The summed E-state index contributed by atoms with van der Waals surface area (Å²) in [6.45, 7) is 0. The number of alkyl halides is 3. The van der Waals surface area contributed by atoms with Gasteiger partial charge < -0.3 is 12.6 Å². The van der Waals surface area contributed by atoms with Crippen LogP contribution in [0.25, 0.3) is 11.3 Å². The van der Waals surface area contributed by atoms with Gasteiger partial charge in [0.1, 0.15) is 0 Å². The zero-order chi connectivity index (χ0) is 13.3. The zero-order valence-electron chi connectivity index (χ0n) is 8.57. The minimum absolute atomic E-state index is 0.120. The fourth-order valence-electron chi connectivity index (χ4n) is 1.24. The molecular weight excluding hydrogens is 287 g/mol. The van der Waals surface area contributed by atoms with Gasteiger partial charge in [0.15, 0.2) is 0 Å². The molecule has 94 valence electrons. The van der Waals surface area contributed by atoms with Crippen molar-refractivity contribution in [3.63, 3.8) is 0 Å². The van der Waals surface area contributed by atoms with E-state index in [4.69, 9.17) is 24.2 Å². The minimum atomic E-state index is -4.48. The summed E-state index contributed by atoms with van der Waals surface area (Å²) in [6, 6.07) is 0.811. The molecule has 0 aromatic carbocycles. The van der Waals surface area contributed by atoms with E-state index in [1.54, 1.807) is 0 Å². The number of nitrogens with zero attached hydrogens (tertiary/aromatic N) is 3. The second-order valence-corrected chi connectivity index (χ2v) is 4.08. The van der Waals surface area contributed by atoms with Crippen LogP contribution in [0.2, 0.25) is 5.02 Å². The molecule has 0 aliphatic heterocycles. The number of halogens is 4. The van der Waals surface area contributed by atoms with Gasteiger partial charge in [-0.15, -0.1) is 0 Å². The average Bonchev–Trinajstić information content (AvgIpc) is 2.29. The molecule has 2 heterocycles. The summed E-state index contributed by atoms with van der Waals surface area (Å²) in [5.41, 5.74) is -0.320. The van der Waals surface area contributed by atoms with Crippen molar-refractivity contribution in [2.75, 3.05) is 0 Å². The maximum Gasteiger partial charge on any atom is 0.417 e. The van der Waals surface area contributed by atoms with Gasteiger partial charge in [-0.3, -0.25) is 15.0 Å². The Labute approximate surface area is 110 Å². The fraction of sp³-hybridized carbons (Fsp3) is 0.100. The third-order valence-corrected chi connectivity index (χ3v) is 2.57. The minimum Gasteiger partial charge on any atom is -0.740 e. The van der Waals surface area contributed by atoms with E-state index in [0.29, 0.717) is 11.8 Å². The molecule has 2 aromatic heterocycles. The highest BCUT2D eigenvalue weighted by Gasteiger charge is 2.31. The van der Waals surface area contributed by atoms with Crippen LogP contribution in [-0.4, -0.2) is 15.0 Å². The van der Waals surface area contributed by atoms with Crippen LogP contribution >= 0.6 is 11.6 Å². The number of aromatic nitrogens is 3. The molecule has 0 radical (unpaired) electrons. The molecule has 0 amide bonds. The highest BCUT2D eigenvalue weighted by molar-refractivity contribution is 7.58. The second-order valence-electron chi connectivity index (χ2n) is 3.31. The van der Waals surface area contributed by atoms with E-state index >= 15 is 0 Å². The van der Waals surface area contributed by atoms with Crippen LogP contribution in [0.5, 0.6) is 0 Å². The van der Waals surface area contributed by atoms with Gasteiger partial charge in [0.05, 0.1) is 16.3 Å². The third-order valence-electron chi connectivity index (χ3n) is 2.07. The Morgan fingerprint density at radius 1 is 1.06 bits per heavy atom. The first kappa shape index (κ1) is 13.0. The summed E-state index contributed by atoms with van der Waals surface area (Å²) in [4.78, 5) is 11.2. The molecule has 0 aliphatic rings. The molecule has 2 rings (SSSR count). The Morgan fingerprint density at radius 2 is 1.67 bits per heavy atom. The summed E-state index contributed by atoms with van der Waals surface area (Å²) < 4.78 is 37.3. The van der Waals surface area contributed by atoms with Gasteiger partial charge in [-0.2, -0.15) is 13.2 Å². The topological polar surface area (TPSA) is 38.7 Å². The Balaban J connectivity index is 2.45. The summed E-state index contributed by atoms with van der Waals surface area (Å²) in [5, 5.41) is 0.0207. The monoisotopic (exact) mass is 290 g/mol. The second kappa shape index (κ2) is 4.66. The first-order chi connectivity index (χ1) is 8.38. The van der Waals surface area contributed by atoms with Crippen molar-refractivity contribution in [2.45, 2.75) is 11.3 Å². The van der Waals surface area contributed by atoms with E-state index < -0.39 is 11.7 Å². The van der Waals surface area contributed by atoms with Crippen LogP contribution in [0, 0.1) is 0 Å². The van der Waals surface area contributed by atoms with Crippen molar-refractivity contribution in [1.82, 2.24) is 15.0 Å². The molecule has 8 heteroatoms.